The van der Waals surface area contributed by atoms with Crippen LogP contribution < -0.4 is 0 Å². The maximum atomic E-state index is 13.7. The van der Waals surface area contributed by atoms with E-state index in [1.54, 1.807) is 24.3 Å². The standard InChI is InChI=1S/C30H33BO5/c1-3-18(15-19-9-12-21(32)13-10-19)11-14-26-27-20(4-2)16-24-28(25(27)17-31(35)36-26)30(34)23-8-6-5-7-22(23)29(24)33/h5-10,12-13,15,24-26,28,32,35H,3-4,11,14,16-17H2,1-2H3/b18-15+/t24-,25+,26-,28-/m1/s1. The SMILES string of the molecule is CCC1=C2[C@@H](CC/C(=C/c3ccc(O)cc3)CC)OB(O)C[C@@H]2[C@@H]2C(=O)c3ccccc3C(=O)[C@@H]2C1. The zero-order valence-electron chi connectivity index (χ0n) is 20.9. The summed E-state index contributed by atoms with van der Waals surface area (Å²) >= 11 is 0. The number of allylic oxidation sites excluding steroid dienone is 2. The summed E-state index contributed by atoms with van der Waals surface area (Å²) in [5.74, 6) is -0.637. The number of carbonyl (C=O) groups is 2. The first-order valence-corrected chi connectivity index (χ1v) is 13.1. The molecule has 0 radical (unpaired) electrons. The minimum Gasteiger partial charge on any atom is -0.508 e. The van der Waals surface area contributed by atoms with Crippen molar-refractivity contribution in [2.45, 2.75) is 58.4 Å². The summed E-state index contributed by atoms with van der Waals surface area (Å²) in [7, 11) is -0.952. The predicted molar refractivity (Wildman–Crippen MR) is 141 cm³/mol. The molecule has 3 aliphatic rings. The third-order valence-corrected chi connectivity index (χ3v) is 8.23. The summed E-state index contributed by atoms with van der Waals surface area (Å²) in [6.07, 6.45) is 6.00. The van der Waals surface area contributed by atoms with Gasteiger partial charge in [0.25, 0.3) is 0 Å². The van der Waals surface area contributed by atoms with Crippen molar-refractivity contribution in [1.29, 1.82) is 0 Å². The minimum atomic E-state index is -0.952. The van der Waals surface area contributed by atoms with Crippen LogP contribution in [0.25, 0.3) is 6.08 Å². The first-order chi connectivity index (χ1) is 17.4. The van der Waals surface area contributed by atoms with Crippen LogP contribution in [0.1, 0.15) is 72.2 Å². The van der Waals surface area contributed by atoms with E-state index < -0.39 is 13.0 Å². The van der Waals surface area contributed by atoms with Crippen LogP contribution in [-0.2, 0) is 4.65 Å². The number of Topliss-reactive ketones (excluding diaryl/α,β-unsaturated/α-hetero) is 2. The Kier molecular flexibility index (Phi) is 7.00. The lowest BCUT2D eigenvalue weighted by molar-refractivity contribution is 0.0599. The van der Waals surface area contributed by atoms with Crippen LogP contribution in [0.3, 0.4) is 0 Å². The number of ketones is 2. The smallest absolute Gasteiger partial charge is 0.455 e. The molecule has 1 heterocycles. The Morgan fingerprint density at radius 1 is 1.03 bits per heavy atom. The molecular weight excluding hydrogens is 451 g/mol. The molecule has 0 bridgehead atoms. The highest BCUT2D eigenvalue weighted by Crippen LogP contribution is 2.51. The van der Waals surface area contributed by atoms with Crippen molar-refractivity contribution in [2.75, 3.05) is 0 Å². The van der Waals surface area contributed by atoms with Crippen LogP contribution in [-0.4, -0.2) is 34.9 Å². The Morgan fingerprint density at radius 2 is 1.72 bits per heavy atom. The molecule has 0 spiro atoms. The largest absolute Gasteiger partial charge is 0.508 e. The van der Waals surface area contributed by atoms with Gasteiger partial charge in [0.05, 0.1) is 6.10 Å². The number of phenolic OH excluding ortho intramolecular Hbond substituents is 1. The van der Waals surface area contributed by atoms with Crippen molar-refractivity contribution in [1.82, 2.24) is 0 Å². The second kappa shape index (κ2) is 10.2. The van der Waals surface area contributed by atoms with E-state index >= 15 is 0 Å². The maximum absolute atomic E-state index is 13.7. The summed E-state index contributed by atoms with van der Waals surface area (Å²) in [6.45, 7) is 4.23. The fraction of sp³-hybridized carbons (Fsp3) is 0.400. The Morgan fingerprint density at radius 3 is 2.39 bits per heavy atom. The van der Waals surface area contributed by atoms with Gasteiger partial charge in [-0.25, -0.2) is 0 Å². The molecule has 36 heavy (non-hydrogen) atoms. The van der Waals surface area contributed by atoms with Gasteiger partial charge in [0.2, 0.25) is 0 Å². The van der Waals surface area contributed by atoms with Crippen molar-refractivity contribution in [3.05, 3.63) is 81.9 Å². The van der Waals surface area contributed by atoms with E-state index in [9.17, 15) is 19.7 Å². The highest BCUT2D eigenvalue weighted by molar-refractivity contribution is 6.43. The quantitative estimate of drug-likeness (QED) is 0.395. The molecule has 2 N–H and O–H groups in total. The third kappa shape index (κ3) is 4.49. The molecule has 0 aromatic heterocycles. The van der Waals surface area contributed by atoms with Crippen molar-refractivity contribution in [2.24, 2.45) is 17.8 Å². The number of rotatable bonds is 6. The predicted octanol–water partition coefficient (Wildman–Crippen LogP) is 5.88. The average Bonchev–Trinajstić information content (AvgIpc) is 2.89. The van der Waals surface area contributed by atoms with Crippen molar-refractivity contribution < 1.29 is 24.4 Å². The summed E-state index contributed by atoms with van der Waals surface area (Å²) in [6, 6.07) is 14.3. The van der Waals surface area contributed by atoms with E-state index in [2.05, 4.69) is 19.9 Å². The molecule has 2 aromatic carbocycles. The topological polar surface area (TPSA) is 83.8 Å². The van der Waals surface area contributed by atoms with Gasteiger partial charge in [-0.05, 0) is 67.6 Å². The molecule has 186 valence electrons. The van der Waals surface area contributed by atoms with E-state index in [0.29, 0.717) is 30.3 Å². The molecule has 0 unspecified atom stereocenters. The van der Waals surface area contributed by atoms with Crippen LogP contribution in [0.15, 0.2) is 65.3 Å². The second-order valence-corrected chi connectivity index (χ2v) is 10.2. The molecule has 5 nitrogen and oxygen atoms in total. The van der Waals surface area contributed by atoms with Crippen LogP contribution >= 0.6 is 0 Å². The van der Waals surface area contributed by atoms with Gasteiger partial charge in [0.15, 0.2) is 11.6 Å². The van der Waals surface area contributed by atoms with E-state index in [1.807, 2.05) is 24.3 Å². The molecule has 4 atom stereocenters. The molecule has 2 aromatic rings. The average molecular weight is 484 g/mol. The van der Waals surface area contributed by atoms with Crippen LogP contribution in [0.5, 0.6) is 5.75 Å². The van der Waals surface area contributed by atoms with Gasteiger partial charge in [-0.3, -0.25) is 9.59 Å². The zero-order chi connectivity index (χ0) is 25.4. The molecule has 5 rings (SSSR count). The van der Waals surface area contributed by atoms with E-state index in [0.717, 1.165) is 30.4 Å². The number of benzene rings is 2. The number of aromatic hydroxyl groups is 1. The van der Waals surface area contributed by atoms with Gasteiger partial charge in [0.1, 0.15) is 5.75 Å². The summed E-state index contributed by atoms with van der Waals surface area (Å²) in [4.78, 5) is 27.1. The Hall–Kier alpha value is -2.96. The maximum Gasteiger partial charge on any atom is 0.455 e. The number of phenols is 1. The molecule has 1 aliphatic heterocycles. The Balaban J connectivity index is 1.44. The molecule has 1 saturated heterocycles. The van der Waals surface area contributed by atoms with Crippen LogP contribution in [0.4, 0.5) is 0 Å². The monoisotopic (exact) mass is 484 g/mol. The van der Waals surface area contributed by atoms with E-state index in [-0.39, 0.29) is 35.3 Å². The lowest BCUT2D eigenvalue weighted by atomic mass is 9.54. The summed E-state index contributed by atoms with van der Waals surface area (Å²) in [5, 5.41) is 20.3. The van der Waals surface area contributed by atoms with Crippen molar-refractivity contribution in [3.63, 3.8) is 0 Å². The highest BCUT2D eigenvalue weighted by Gasteiger charge is 2.53. The normalized spacial score (nSPS) is 26.0. The van der Waals surface area contributed by atoms with Crippen molar-refractivity contribution in [3.8, 4) is 5.75 Å². The van der Waals surface area contributed by atoms with Gasteiger partial charge in [0, 0.05) is 23.0 Å². The number of hydrogen-bond acceptors (Lipinski definition) is 5. The molecular formula is C30H33BO5. The fourth-order valence-corrected chi connectivity index (χ4v) is 6.48. The van der Waals surface area contributed by atoms with Crippen LogP contribution in [0.2, 0.25) is 6.32 Å². The number of carbonyl (C=O) groups excluding carboxylic acids is 2. The molecule has 0 saturated carbocycles. The van der Waals surface area contributed by atoms with Gasteiger partial charge >= 0.3 is 7.12 Å². The van der Waals surface area contributed by atoms with Gasteiger partial charge < -0.3 is 14.8 Å². The Labute approximate surface area is 213 Å². The zero-order valence-corrected chi connectivity index (χ0v) is 20.9. The second-order valence-electron chi connectivity index (χ2n) is 10.2. The van der Waals surface area contributed by atoms with Gasteiger partial charge in [-0.15, -0.1) is 0 Å². The molecule has 1 fully saturated rings. The summed E-state index contributed by atoms with van der Waals surface area (Å²) < 4.78 is 6.10. The van der Waals surface area contributed by atoms with E-state index in [4.69, 9.17) is 4.65 Å². The lowest BCUT2D eigenvalue weighted by Crippen LogP contribution is -2.50. The molecule has 0 amide bonds. The molecule has 6 heteroatoms. The number of fused-ring (bicyclic) bond motifs is 4. The highest BCUT2D eigenvalue weighted by atomic mass is 16.5. The van der Waals surface area contributed by atoms with Gasteiger partial charge in [-0.2, -0.15) is 0 Å². The minimum absolute atomic E-state index is 0.0298. The fourth-order valence-electron chi connectivity index (χ4n) is 6.48. The van der Waals surface area contributed by atoms with Crippen molar-refractivity contribution >= 4 is 24.8 Å². The Bertz CT molecular complexity index is 1230. The lowest BCUT2D eigenvalue weighted by Gasteiger charge is -2.47. The molecule has 2 aliphatic carbocycles. The first-order valence-electron chi connectivity index (χ1n) is 13.1. The number of hydrogen-bond donors (Lipinski definition) is 2. The summed E-state index contributed by atoms with van der Waals surface area (Å²) in [5.41, 5.74) is 5.70. The van der Waals surface area contributed by atoms with Crippen LogP contribution in [0, 0.1) is 17.8 Å². The third-order valence-electron chi connectivity index (χ3n) is 8.23. The first kappa shape index (κ1) is 24.7. The van der Waals surface area contributed by atoms with Gasteiger partial charge in [-0.1, -0.05) is 67.5 Å². The van der Waals surface area contributed by atoms with E-state index in [1.165, 1.54) is 11.1 Å².